The Kier molecular flexibility index (Phi) is 3.26. The highest BCUT2D eigenvalue weighted by Crippen LogP contribution is 2.23. The van der Waals surface area contributed by atoms with Gasteiger partial charge in [0.1, 0.15) is 15.4 Å². The summed E-state index contributed by atoms with van der Waals surface area (Å²) in [6.07, 6.45) is 0.859. The predicted molar refractivity (Wildman–Crippen MR) is 44.0 cm³/mol. The van der Waals surface area contributed by atoms with Crippen molar-refractivity contribution < 1.29 is 9.84 Å². The van der Waals surface area contributed by atoms with Gasteiger partial charge in [0, 0.05) is 7.11 Å². The number of nitrogens with zero attached hydrogens (tertiary/aromatic N) is 1. The van der Waals surface area contributed by atoms with Crippen molar-refractivity contribution in [1.29, 1.82) is 0 Å². The Morgan fingerprint density at radius 3 is 3.09 bits per heavy atom. The Bertz CT molecular complexity index is 228. The highest BCUT2D eigenvalue weighted by Gasteiger charge is 2.10. The molecule has 1 heterocycles. The molecular weight excluding hydrogens is 186 g/mol. The second-order valence-electron chi connectivity index (χ2n) is 1.97. The Balaban J connectivity index is 2.60. The van der Waals surface area contributed by atoms with Gasteiger partial charge < -0.3 is 9.84 Å². The molecule has 0 radical (unpaired) electrons. The SMILES string of the molecule is COCC(O)c1ncc(Cl)s1. The van der Waals surface area contributed by atoms with Gasteiger partial charge in [-0.3, -0.25) is 0 Å². The Hall–Kier alpha value is -0.160. The number of aromatic nitrogens is 1. The molecule has 0 fully saturated rings. The number of hydrogen-bond donors (Lipinski definition) is 1. The van der Waals surface area contributed by atoms with E-state index in [0.29, 0.717) is 9.34 Å². The van der Waals surface area contributed by atoms with Crippen LogP contribution in [0.2, 0.25) is 4.34 Å². The van der Waals surface area contributed by atoms with Crippen LogP contribution < -0.4 is 0 Å². The summed E-state index contributed by atoms with van der Waals surface area (Å²) >= 11 is 6.87. The summed E-state index contributed by atoms with van der Waals surface area (Å²) in [4.78, 5) is 3.89. The lowest BCUT2D eigenvalue weighted by Crippen LogP contribution is -2.03. The molecule has 0 aromatic carbocycles. The predicted octanol–water partition coefficient (Wildman–Crippen LogP) is 1.48. The zero-order chi connectivity index (χ0) is 8.27. The van der Waals surface area contributed by atoms with Crippen LogP contribution in [0.4, 0.5) is 0 Å². The van der Waals surface area contributed by atoms with E-state index in [2.05, 4.69) is 4.98 Å². The second kappa shape index (κ2) is 4.01. The van der Waals surface area contributed by atoms with Gasteiger partial charge in [0.25, 0.3) is 0 Å². The van der Waals surface area contributed by atoms with Crippen LogP contribution in [-0.2, 0) is 4.74 Å². The van der Waals surface area contributed by atoms with Crippen LogP contribution in [0.1, 0.15) is 11.1 Å². The van der Waals surface area contributed by atoms with E-state index in [-0.39, 0.29) is 6.61 Å². The highest BCUT2D eigenvalue weighted by molar-refractivity contribution is 7.15. The van der Waals surface area contributed by atoms with Crippen LogP contribution >= 0.6 is 22.9 Å². The third-order valence-corrected chi connectivity index (χ3v) is 2.32. The lowest BCUT2D eigenvalue weighted by Gasteiger charge is -2.03. The quantitative estimate of drug-likeness (QED) is 0.791. The Morgan fingerprint density at radius 2 is 2.64 bits per heavy atom. The van der Waals surface area contributed by atoms with Crippen molar-refractivity contribution in [2.24, 2.45) is 0 Å². The van der Waals surface area contributed by atoms with Crippen molar-refractivity contribution in [1.82, 2.24) is 4.98 Å². The van der Waals surface area contributed by atoms with E-state index in [0.717, 1.165) is 0 Å². The van der Waals surface area contributed by atoms with Gasteiger partial charge in [-0.25, -0.2) is 4.98 Å². The molecule has 1 aromatic heterocycles. The minimum Gasteiger partial charge on any atom is -0.383 e. The summed E-state index contributed by atoms with van der Waals surface area (Å²) < 4.78 is 5.32. The van der Waals surface area contributed by atoms with Gasteiger partial charge in [0.15, 0.2) is 0 Å². The molecule has 0 spiro atoms. The van der Waals surface area contributed by atoms with Gasteiger partial charge in [-0.15, -0.1) is 11.3 Å². The number of aliphatic hydroxyl groups is 1. The molecule has 0 aliphatic rings. The van der Waals surface area contributed by atoms with E-state index in [1.165, 1.54) is 24.6 Å². The average molecular weight is 194 g/mol. The summed E-state index contributed by atoms with van der Waals surface area (Å²) in [5, 5.41) is 9.89. The number of aliphatic hydroxyl groups excluding tert-OH is 1. The first kappa shape index (κ1) is 8.93. The standard InChI is InChI=1S/C6H8ClNO2S/c1-10-3-4(9)6-8-2-5(7)11-6/h2,4,9H,3H2,1H3. The number of rotatable bonds is 3. The highest BCUT2D eigenvalue weighted by atomic mass is 35.5. The molecule has 1 N–H and O–H groups in total. The maximum absolute atomic E-state index is 9.30. The summed E-state index contributed by atoms with van der Waals surface area (Å²) in [5.41, 5.74) is 0. The molecule has 1 aromatic rings. The fraction of sp³-hybridized carbons (Fsp3) is 0.500. The molecular formula is C6H8ClNO2S. The van der Waals surface area contributed by atoms with E-state index in [9.17, 15) is 5.11 Å². The van der Waals surface area contributed by atoms with Crippen LogP contribution in [0.25, 0.3) is 0 Å². The van der Waals surface area contributed by atoms with Crippen LogP contribution in [0.3, 0.4) is 0 Å². The van der Waals surface area contributed by atoms with Crippen molar-refractivity contribution in [3.63, 3.8) is 0 Å². The largest absolute Gasteiger partial charge is 0.383 e. The fourth-order valence-corrected chi connectivity index (χ4v) is 1.55. The fourth-order valence-electron chi connectivity index (χ4n) is 0.650. The van der Waals surface area contributed by atoms with Gasteiger partial charge >= 0.3 is 0 Å². The van der Waals surface area contributed by atoms with Crippen LogP contribution in [0.15, 0.2) is 6.20 Å². The van der Waals surface area contributed by atoms with Crippen molar-refractivity contribution in [2.75, 3.05) is 13.7 Å². The number of hydrogen-bond acceptors (Lipinski definition) is 4. The van der Waals surface area contributed by atoms with E-state index in [1.807, 2.05) is 0 Å². The molecule has 0 aliphatic carbocycles. The summed E-state index contributed by atoms with van der Waals surface area (Å²) in [6, 6.07) is 0. The van der Waals surface area contributed by atoms with Gasteiger partial charge in [-0.2, -0.15) is 0 Å². The molecule has 0 saturated carbocycles. The summed E-state index contributed by atoms with van der Waals surface area (Å²) in [7, 11) is 1.53. The lowest BCUT2D eigenvalue weighted by atomic mass is 10.4. The Labute approximate surface area is 73.6 Å². The first-order chi connectivity index (χ1) is 5.24. The molecule has 0 aliphatic heterocycles. The van der Waals surface area contributed by atoms with Gasteiger partial charge in [-0.05, 0) is 0 Å². The van der Waals surface area contributed by atoms with Crippen LogP contribution in [-0.4, -0.2) is 23.8 Å². The minimum atomic E-state index is -0.655. The minimum absolute atomic E-state index is 0.254. The van der Waals surface area contributed by atoms with Crippen LogP contribution in [0, 0.1) is 0 Å². The molecule has 0 saturated heterocycles. The van der Waals surface area contributed by atoms with Crippen molar-refractivity contribution in [3.8, 4) is 0 Å². The van der Waals surface area contributed by atoms with Gasteiger partial charge in [0.05, 0.1) is 12.8 Å². The monoisotopic (exact) mass is 193 g/mol. The van der Waals surface area contributed by atoms with Crippen molar-refractivity contribution in [2.45, 2.75) is 6.10 Å². The average Bonchev–Trinajstić information content (AvgIpc) is 2.36. The molecule has 1 rings (SSSR count). The smallest absolute Gasteiger partial charge is 0.129 e. The molecule has 11 heavy (non-hydrogen) atoms. The molecule has 0 amide bonds. The van der Waals surface area contributed by atoms with E-state index >= 15 is 0 Å². The zero-order valence-electron chi connectivity index (χ0n) is 5.95. The third kappa shape index (κ3) is 2.41. The van der Waals surface area contributed by atoms with E-state index < -0.39 is 6.10 Å². The molecule has 62 valence electrons. The normalized spacial score (nSPS) is 13.4. The number of methoxy groups -OCH3 is 1. The molecule has 0 bridgehead atoms. The van der Waals surface area contributed by atoms with Gasteiger partial charge in [-0.1, -0.05) is 11.6 Å². The van der Waals surface area contributed by atoms with E-state index in [1.54, 1.807) is 0 Å². The first-order valence-electron chi connectivity index (χ1n) is 3.02. The second-order valence-corrected chi connectivity index (χ2v) is 3.67. The Morgan fingerprint density at radius 1 is 1.91 bits per heavy atom. The first-order valence-corrected chi connectivity index (χ1v) is 4.21. The zero-order valence-corrected chi connectivity index (χ0v) is 7.52. The van der Waals surface area contributed by atoms with Crippen LogP contribution in [0.5, 0.6) is 0 Å². The summed E-state index contributed by atoms with van der Waals surface area (Å²) in [5.74, 6) is 0. The third-order valence-electron chi connectivity index (χ3n) is 1.10. The molecule has 5 heteroatoms. The maximum atomic E-state index is 9.30. The van der Waals surface area contributed by atoms with E-state index in [4.69, 9.17) is 16.3 Å². The number of ether oxygens (including phenoxy) is 1. The van der Waals surface area contributed by atoms with Gasteiger partial charge in [0.2, 0.25) is 0 Å². The molecule has 3 nitrogen and oxygen atoms in total. The maximum Gasteiger partial charge on any atom is 0.129 e. The topological polar surface area (TPSA) is 42.4 Å². The molecule has 1 atom stereocenters. The van der Waals surface area contributed by atoms with Crippen molar-refractivity contribution in [3.05, 3.63) is 15.5 Å². The molecule has 1 unspecified atom stereocenters. The lowest BCUT2D eigenvalue weighted by molar-refractivity contribution is 0.0642. The number of thiazole rings is 1. The van der Waals surface area contributed by atoms with Crippen molar-refractivity contribution >= 4 is 22.9 Å². The summed E-state index contributed by atoms with van der Waals surface area (Å²) in [6.45, 7) is 0.254. The number of halogens is 1.